The highest BCUT2D eigenvalue weighted by Crippen LogP contribution is 2.41. The summed E-state index contributed by atoms with van der Waals surface area (Å²) in [6, 6.07) is 8.97. The molecule has 38 heavy (non-hydrogen) atoms. The molecule has 0 bridgehead atoms. The highest BCUT2D eigenvalue weighted by atomic mass is 28.3. The Balaban J connectivity index is 1.81. The second-order valence-electron chi connectivity index (χ2n) is 10.6. The quantitative estimate of drug-likeness (QED) is 0.127. The molecule has 4 aromatic rings. The van der Waals surface area contributed by atoms with E-state index >= 15 is 4.39 Å². The van der Waals surface area contributed by atoms with Crippen molar-refractivity contribution in [2.75, 3.05) is 12.3 Å². The fourth-order valence-electron chi connectivity index (χ4n) is 3.96. The van der Waals surface area contributed by atoms with Crippen LogP contribution in [0.1, 0.15) is 13.8 Å². The summed E-state index contributed by atoms with van der Waals surface area (Å²) < 4.78 is 63.6. The molecule has 0 unspecified atom stereocenters. The minimum absolute atomic E-state index is 0.0692. The number of nitrogens with two attached hydrogens (primary N) is 1. The van der Waals surface area contributed by atoms with Crippen molar-refractivity contribution in [3.63, 3.8) is 0 Å². The molecule has 2 heterocycles. The number of halogens is 3. The maximum absolute atomic E-state index is 15.4. The van der Waals surface area contributed by atoms with Crippen LogP contribution < -0.4 is 15.2 Å². The monoisotopic (exact) mass is 543 g/mol. The van der Waals surface area contributed by atoms with Crippen LogP contribution in [0, 0.1) is 17.5 Å². The fourth-order valence-corrected chi connectivity index (χ4v) is 4.72. The zero-order valence-electron chi connectivity index (χ0n) is 22.1. The van der Waals surface area contributed by atoms with Crippen molar-refractivity contribution in [3.05, 3.63) is 66.2 Å². The van der Waals surface area contributed by atoms with E-state index in [-0.39, 0.29) is 29.8 Å². The van der Waals surface area contributed by atoms with Crippen LogP contribution in [-0.4, -0.2) is 30.3 Å². The number of nitrogens with zero attached hydrogens (tertiary/aromatic N) is 2. The molecular weight excluding hydrogens is 511 g/mol. The van der Waals surface area contributed by atoms with Gasteiger partial charge in [-0.3, -0.25) is 0 Å². The summed E-state index contributed by atoms with van der Waals surface area (Å²) in [6.45, 7) is 11.2. The lowest BCUT2D eigenvalue weighted by Gasteiger charge is -2.15. The van der Waals surface area contributed by atoms with Gasteiger partial charge in [-0.1, -0.05) is 19.6 Å². The molecule has 0 spiro atoms. The zero-order valence-corrected chi connectivity index (χ0v) is 23.1. The first-order valence-corrected chi connectivity index (χ1v) is 16.1. The van der Waals surface area contributed by atoms with Gasteiger partial charge < -0.3 is 24.5 Å². The second-order valence-corrected chi connectivity index (χ2v) is 16.2. The maximum Gasteiger partial charge on any atom is 0.198 e. The minimum atomic E-state index is -1.30. The average molecular weight is 544 g/mol. The number of nitrogen functional groups attached to an aromatic ring is 1. The lowest BCUT2D eigenvalue weighted by Crippen LogP contribution is -2.22. The predicted octanol–water partition coefficient (Wildman–Crippen LogP) is 7.59. The summed E-state index contributed by atoms with van der Waals surface area (Å²) in [5.41, 5.74) is 6.58. The van der Waals surface area contributed by atoms with Crippen LogP contribution in [0.15, 0.2) is 48.8 Å². The van der Waals surface area contributed by atoms with Gasteiger partial charge in [-0.05, 0) is 38.1 Å². The molecule has 0 aliphatic carbocycles. The number of ether oxygens (including phenoxy) is 3. The molecule has 202 valence electrons. The maximum atomic E-state index is 15.4. The van der Waals surface area contributed by atoms with E-state index in [1.54, 1.807) is 22.9 Å². The van der Waals surface area contributed by atoms with Gasteiger partial charge in [0.2, 0.25) is 0 Å². The highest BCUT2D eigenvalue weighted by Gasteiger charge is 2.22. The molecule has 0 radical (unpaired) electrons. The van der Waals surface area contributed by atoms with Crippen LogP contribution in [-0.2, 0) is 11.5 Å². The van der Waals surface area contributed by atoms with Gasteiger partial charge in [0.15, 0.2) is 17.4 Å². The van der Waals surface area contributed by atoms with Gasteiger partial charge in [0.25, 0.3) is 0 Å². The van der Waals surface area contributed by atoms with Gasteiger partial charge >= 0.3 is 0 Å². The van der Waals surface area contributed by atoms with Crippen LogP contribution in [0.3, 0.4) is 0 Å². The third-order valence-corrected chi connectivity index (χ3v) is 7.49. The molecule has 0 saturated heterocycles. The Morgan fingerprint density at radius 3 is 2.32 bits per heavy atom. The van der Waals surface area contributed by atoms with Crippen LogP contribution >= 0.6 is 0 Å². The molecule has 0 aliphatic heterocycles. The topological polar surface area (TPSA) is 71.5 Å². The van der Waals surface area contributed by atoms with E-state index in [0.29, 0.717) is 29.0 Å². The van der Waals surface area contributed by atoms with E-state index < -0.39 is 31.3 Å². The Morgan fingerprint density at radius 1 is 0.974 bits per heavy atom. The van der Waals surface area contributed by atoms with Crippen molar-refractivity contribution in [3.8, 4) is 28.4 Å². The molecule has 0 amide bonds. The number of benzene rings is 2. The number of aromatic nitrogens is 2. The Kier molecular flexibility index (Phi) is 8.03. The summed E-state index contributed by atoms with van der Waals surface area (Å²) in [6.07, 6.45) is 3.04. The molecule has 10 heteroatoms. The van der Waals surface area contributed by atoms with E-state index in [0.717, 1.165) is 18.2 Å². The van der Waals surface area contributed by atoms with E-state index in [1.807, 2.05) is 13.8 Å². The predicted molar refractivity (Wildman–Crippen MR) is 146 cm³/mol. The Bertz CT molecular complexity index is 1430. The second kappa shape index (κ2) is 11.1. The number of anilines is 1. The van der Waals surface area contributed by atoms with Gasteiger partial charge in [0.05, 0.1) is 11.5 Å². The standard InChI is InChI=1S/C28H32F3N3O3Si/c1-17(2)36-19-6-7-20(22(29)14-19)21-15-34(16-35-10-11-38(3,4)5)28-26(21)25(8-9-33-28)37-27-23(30)12-18(32)13-24(27)31/h6-9,12-15,17H,10-11,16,32H2,1-5H3. The van der Waals surface area contributed by atoms with Crippen LogP contribution in [0.4, 0.5) is 18.9 Å². The van der Waals surface area contributed by atoms with Crippen LogP contribution in [0.2, 0.25) is 25.7 Å². The Labute approximate surface area is 221 Å². The first-order chi connectivity index (χ1) is 17.9. The Morgan fingerprint density at radius 2 is 1.68 bits per heavy atom. The van der Waals surface area contributed by atoms with Gasteiger partial charge in [-0.15, -0.1) is 0 Å². The van der Waals surface area contributed by atoms with Crippen molar-refractivity contribution in [2.45, 2.75) is 52.4 Å². The summed E-state index contributed by atoms with van der Waals surface area (Å²) in [7, 11) is -1.30. The third kappa shape index (κ3) is 6.31. The van der Waals surface area contributed by atoms with Crippen molar-refractivity contribution < 1.29 is 27.4 Å². The number of rotatable bonds is 10. The van der Waals surface area contributed by atoms with Gasteiger partial charge in [0, 0.05) is 62.1 Å². The molecule has 0 aliphatic rings. The molecule has 4 rings (SSSR count). The number of fused-ring (bicyclic) bond motifs is 1. The lowest BCUT2D eigenvalue weighted by molar-refractivity contribution is 0.0899. The molecule has 2 aromatic heterocycles. The van der Waals surface area contributed by atoms with Crippen LogP contribution in [0.25, 0.3) is 22.2 Å². The minimum Gasteiger partial charge on any atom is -0.491 e. The normalized spacial score (nSPS) is 11.9. The molecule has 0 saturated carbocycles. The van der Waals surface area contributed by atoms with Gasteiger partial charge in [-0.25, -0.2) is 18.2 Å². The van der Waals surface area contributed by atoms with Crippen LogP contribution in [0.5, 0.6) is 17.2 Å². The molecule has 6 nitrogen and oxygen atoms in total. The van der Waals surface area contributed by atoms with E-state index in [4.69, 9.17) is 19.9 Å². The average Bonchev–Trinajstić information content (AvgIpc) is 3.17. The zero-order chi connectivity index (χ0) is 27.6. The summed E-state index contributed by atoms with van der Waals surface area (Å²) in [5.74, 6) is -2.55. The lowest BCUT2D eigenvalue weighted by atomic mass is 10.0. The largest absolute Gasteiger partial charge is 0.491 e. The van der Waals surface area contributed by atoms with Gasteiger partial charge in [0.1, 0.15) is 29.7 Å². The smallest absolute Gasteiger partial charge is 0.198 e. The molecule has 0 fully saturated rings. The summed E-state index contributed by atoms with van der Waals surface area (Å²) >= 11 is 0. The van der Waals surface area contributed by atoms with Crippen molar-refractivity contribution >= 4 is 24.8 Å². The summed E-state index contributed by atoms with van der Waals surface area (Å²) in [4.78, 5) is 4.46. The van der Waals surface area contributed by atoms with E-state index in [9.17, 15) is 8.78 Å². The van der Waals surface area contributed by atoms with Gasteiger partial charge in [-0.2, -0.15) is 0 Å². The van der Waals surface area contributed by atoms with Crippen molar-refractivity contribution in [2.24, 2.45) is 0 Å². The molecular formula is C28H32F3N3O3Si. The third-order valence-electron chi connectivity index (χ3n) is 5.78. The molecule has 2 aromatic carbocycles. The summed E-state index contributed by atoms with van der Waals surface area (Å²) in [5, 5.41) is 0.383. The first-order valence-electron chi connectivity index (χ1n) is 12.4. The fraction of sp³-hybridized carbons (Fsp3) is 0.321. The first kappa shape index (κ1) is 27.5. The van der Waals surface area contributed by atoms with Crippen molar-refractivity contribution in [1.82, 2.24) is 9.55 Å². The van der Waals surface area contributed by atoms with E-state index in [2.05, 4.69) is 24.6 Å². The number of hydrogen-bond acceptors (Lipinski definition) is 5. The SMILES string of the molecule is CC(C)Oc1ccc(-c2cn(COCC[Si](C)(C)C)c3nccc(Oc4c(F)cc(N)cc4F)c23)c(F)c1. The Hall–Kier alpha value is -3.50. The highest BCUT2D eigenvalue weighted by molar-refractivity contribution is 6.76. The molecule has 2 N–H and O–H groups in total. The van der Waals surface area contributed by atoms with Crippen molar-refractivity contribution in [1.29, 1.82) is 0 Å². The number of hydrogen-bond donors (Lipinski definition) is 1. The number of pyridine rings is 1. The van der Waals surface area contributed by atoms with E-state index in [1.165, 1.54) is 18.3 Å². The molecule has 0 atom stereocenters.